The van der Waals surface area contributed by atoms with E-state index in [4.69, 9.17) is 4.74 Å². The summed E-state index contributed by atoms with van der Waals surface area (Å²) in [6, 6.07) is 34.6. The number of likely N-dealkylation sites (N-methyl/N-ethyl adjacent to an activating group) is 1. The first-order chi connectivity index (χ1) is 20.5. The smallest absolute Gasteiger partial charge is 0.119 e. The molecule has 0 amide bonds. The molecule has 5 nitrogen and oxygen atoms in total. The number of nitrogens with one attached hydrogen (secondary N) is 2. The molecule has 0 radical (unpaired) electrons. The van der Waals surface area contributed by atoms with Gasteiger partial charge in [0.25, 0.3) is 0 Å². The molecule has 1 aliphatic rings. The van der Waals surface area contributed by atoms with Gasteiger partial charge in [-0.25, -0.2) is 0 Å². The molecule has 218 valence electrons. The maximum absolute atomic E-state index is 5.32. The van der Waals surface area contributed by atoms with Crippen LogP contribution in [0.5, 0.6) is 5.75 Å². The molecule has 5 heteroatoms. The number of hydrogen-bond donors (Lipinski definition) is 2. The van der Waals surface area contributed by atoms with Gasteiger partial charge in [-0.2, -0.15) is 0 Å². The average Bonchev–Trinajstić information content (AvgIpc) is 3.03. The largest absolute Gasteiger partial charge is 0.497 e. The molecule has 1 unspecified atom stereocenters. The Morgan fingerprint density at radius 1 is 0.857 bits per heavy atom. The maximum atomic E-state index is 5.32. The van der Waals surface area contributed by atoms with Gasteiger partial charge in [-0.15, -0.1) is 0 Å². The molecule has 4 aromatic carbocycles. The molecular formula is C37H44N4O. The van der Waals surface area contributed by atoms with Crippen molar-refractivity contribution in [3.8, 4) is 16.9 Å². The lowest BCUT2D eigenvalue weighted by molar-refractivity contribution is 0.112. The summed E-state index contributed by atoms with van der Waals surface area (Å²) < 4.78 is 5.32. The van der Waals surface area contributed by atoms with E-state index in [1.54, 1.807) is 7.11 Å². The zero-order valence-corrected chi connectivity index (χ0v) is 25.3. The Hall–Kier alpha value is -4.06. The standard InChI is InChI=1S/C37H44N4O/c1-28-10-14-33(32-8-6-5-7-9-32)26-37(28)39-29(2)31-15-11-30(12-16-31)13-19-35(41-24-22-40(3)23-25-41)27-38-34-17-20-36(42-4)21-18-34/h5-12,14-18,20-21,26,35,38-39H,2,13,19,22-25,27H2,1,3-4H3. The van der Waals surface area contributed by atoms with E-state index in [0.29, 0.717) is 6.04 Å². The lowest BCUT2D eigenvalue weighted by Gasteiger charge is -2.38. The number of nitrogens with zero attached hydrogens (tertiary/aromatic N) is 2. The van der Waals surface area contributed by atoms with Gasteiger partial charge in [0.15, 0.2) is 0 Å². The monoisotopic (exact) mass is 560 g/mol. The van der Waals surface area contributed by atoms with E-state index in [0.717, 1.165) is 74.0 Å². The molecule has 1 aliphatic heterocycles. The van der Waals surface area contributed by atoms with Crippen molar-refractivity contribution in [2.45, 2.75) is 25.8 Å². The Labute approximate surface area is 251 Å². The molecule has 42 heavy (non-hydrogen) atoms. The minimum Gasteiger partial charge on any atom is -0.497 e. The first kappa shape index (κ1) is 29.4. The van der Waals surface area contributed by atoms with Crippen LogP contribution >= 0.6 is 0 Å². The fourth-order valence-corrected chi connectivity index (χ4v) is 5.55. The lowest BCUT2D eigenvalue weighted by atomic mass is 10.0. The maximum Gasteiger partial charge on any atom is 0.119 e. The van der Waals surface area contributed by atoms with Crippen LogP contribution in [0.1, 0.15) is 23.1 Å². The van der Waals surface area contributed by atoms with Crippen molar-refractivity contribution >= 4 is 17.1 Å². The third-order valence-corrected chi connectivity index (χ3v) is 8.38. The molecular weight excluding hydrogens is 516 g/mol. The number of benzene rings is 4. The summed E-state index contributed by atoms with van der Waals surface area (Å²) in [7, 11) is 3.92. The zero-order valence-electron chi connectivity index (χ0n) is 25.3. The average molecular weight is 561 g/mol. The van der Waals surface area contributed by atoms with Crippen molar-refractivity contribution in [2.75, 3.05) is 57.5 Å². The molecule has 1 atom stereocenters. The van der Waals surface area contributed by atoms with Crippen LogP contribution in [0.2, 0.25) is 0 Å². The fourth-order valence-electron chi connectivity index (χ4n) is 5.55. The lowest BCUT2D eigenvalue weighted by Crippen LogP contribution is -2.51. The molecule has 0 aliphatic carbocycles. The van der Waals surface area contributed by atoms with E-state index in [-0.39, 0.29) is 0 Å². The topological polar surface area (TPSA) is 39.8 Å². The summed E-state index contributed by atoms with van der Waals surface area (Å²) in [4.78, 5) is 5.08. The highest BCUT2D eigenvalue weighted by Crippen LogP contribution is 2.28. The van der Waals surface area contributed by atoms with E-state index in [9.17, 15) is 0 Å². The summed E-state index contributed by atoms with van der Waals surface area (Å²) in [6.07, 6.45) is 2.15. The van der Waals surface area contributed by atoms with Crippen molar-refractivity contribution in [1.29, 1.82) is 0 Å². The van der Waals surface area contributed by atoms with Gasteiger partial charge < -0.3 is 20.3 Å². The van der Waals surface area contributed by atoms with Crippen LogP contribution in [0, 0.1) is 6.92 Å². The summed E-state index contributed by atoms with van der Waals surface area (Å²) in [5, 5.41) is 7.25. The molecule has 0 spiro atoms. The van der Waals surface area contributed by atoms with Crippen molar-refractivity contribution in [1.82, 2.24) is 9.80 Å². The van der Waals surface area contributed by atoms with Gasteiger partial charge in [-0.05, 0) is 85.0 Å². The Kier molecular flexibility index (Phi) is 9.96. The van der Waals surface area contributed by atoms with Crippen molar-refractivity contribution in [3.63, 3.8) is 0 Å². The highest BCUT2D eigenvalue weighted by atomic mass is 16.5. The number of ether oxygens (including phenoxy) is 1. The molecule has 0 saturated carbocycles. The predicted octanol–water partition coefficient (Wildman–Crippen LogP) is 7.41. The zero-order chi connectivity index (χ0) is 29.3. The second-order valence-electron chi connectivity index (χ2n) is 11.3. The number of hydrogen-bond acceptors (Lipinski definition) is 5. The molecule has 4 aromatic rings. The van der Waals surface area contributed by atoms with Gasteiger partial charge in [-0.3, -0.25) is 4.90 Å². The molecule has 0 bridgehead atoms. The highest BCUT2D eigenvalue weighted by molar-refractivity contribution is 5.79. The Balaban J connectivity index is 1.20. The van der Waals surface area contributed by atoms with Gasteiger partial charge in [-0.1, -0.05) is 73.3 Å². The molecule has 1 saturated heterocycles. The Morgan fingerprint density at radius 3 is 2.26 bits per heavy atom. The van der Waals surface area contributed by atoms with Crippen LogP contribution in [-0.4, -0.2) is 62.7 Å². The molecule has 5 rings (SSSR count). The van der Waals surface area contributed by atoms with Crippen molar-refractivity contribution < 1.29 is 4.74 Å². The van der Waals surface area contributed by atoms with E-state index in [2.05, 4.69) is 120 Å². The second kappa shape index (κ2) is 14.2. The van der Waals surface area contributed by atoms with Crippen molar-refractivity contribution in [3.05, 3.63) is 120 Å². The number of piperazine rings is 1. The quantitative estimate of drug-likeness (QED) is 0.189. The first-order valence-corrected chi connectivity index (χ1v) is 15.0. The third-order valence-electron chi connectivity index (χ3n) is 8.38. The van der Waals surface area contributed by atoms with Crippen molar-refractivity contribution in [2.24, 2.45) is 0 Å². The minimum absolute atomic E-state index is 0.469. The summed E-state index contributed by atoms with van der Waals surface area (Å²) in [6.45, 7) is 11.9. The third kappa shape index (κ3) is 7.81. The van der Waals surface area contributed by atoms with E-state index in [1.807, 2.05) is 18.2 Å². The highest BCUT2D eigenvalue weighted by Gasteiger charge is 2.22. The Bertz CT molecular complexity index is 1430. The van der Waals surface area contributed by atoms with Crippen LogP contribution in [0.4, 0.5) is 11.4 Å². The number of methoxy groups -OCH3 is 1. The molecule has 1 heterocycles. The normalized spacial score (nSPS) is 14.7. The number of aryl methyl sites for hydroxylation is 2. The van der Waals surface area contributed by atoms with E-state index >= 15 is 0 Å². The summed E-state index contributed by atoms with van der Waals surface area (Å²) >= 11 is 0. The fraction of sp³-hybridized carbons (Fsp3) is 0.297. The molecule has 2 N–H and O–H groups in total. The minimum atomic E-state index is 0.469. The van der Waals surface area contributed by atoms with Crippen LogP contribution in [0.25, 0.3) is 16.8 Å². The van der Waals surface area contributed by atoms with Gasteiger partial charge in [0.05, 0.1) is 7.11 Å². The van der Waals surface area contributed by atoms with Gasteiger partial charge in [0.1, 0.15) is 5.75 Å². The second-order valence-corrected chi connectivity index (χ2v) is 11.3. The summed E-state index contributed by atoms with van der Waals surface area (Å²) in [5.41, 5.74) is 9.21. The van der Waals surface area contributed by atoms with Gasteiger partial charge in [0.2, 0.25) is 0 Å². The van der Waals surface area contributed by atoms with Crippen LogP contribution in [0.15, 0.2) is 104 Å². The van der Waals surface area contributed by atoms with E-state index in [1.165, 1.54) is 22.3 Å². The van der Waals surface area contributed by atoms with Crippen LogP contribution in [0.3, 0.4) is 0 Å². The SMILES string of the molecule is C=C(Nc1cc(-c2ccccc2)ccc1C)c1ccc(CCC(CNc2ccc(OC)cc2)N2CCN(C)CC2)cc1. The summed E-state index contributed by atoms with van der Waals surface area (Å²) in [5.74, 6) is 0.883. The Morgan fingerprint density at radius 2 is 1.57 bits per heavy atom. The predicted molar refractivity (Wildman–Crippen MR) is 178 cm³/mol. The van der Waals surface area contributed by atoms with Gasteiger partial charge in [0, 0.05) is 55.8 Å². The van der Waals surface area contributed by atoms with E-state index < -0.39 is 0 Å². The molecule has 0 aromatic heterocycles. The number of rotatable bonds is 12. The first-order valence-electron chi connectivity index (χ1n) is 15.0. The van der Waals surface area contributed by atoms with Gasteiger partial charge >= 0.3 is 0 Å². The van der Waals surface area contributed by atoms with Crippen LogP contribution in [-0.2, 0) is 6.42 Å². The number of anilines is 2. The molecule has 1 fully saturated rings. The van der Waals surface area contributed by atoms with Crippen LogP contribution < -0.4 is 15.4 Å².